The van der Waals surface area contributed by atoms with Crippen molar-refractivity contribution in [3.8, 4) is 10.4 Å². The number of aryl methyl sites for hydroxylation is 2. The van der Waals surface area contributed by atoms with E-state index in [-0.39, 0.29) is 12.0 Å². The van der Waals surface area contributed by atoms with Gasteiger partial charge in [-0.2, -0.15) is 4.37 Å². The molecule has 6 nitrogen and oxygen atoms in total. The molecule has 0 radical (unpaired) electrons. The van der Waals surface area contributed by atoms with Crippen LogP contribution in [0, 0.1) is 18.8 Å². The number of amides is 1. The third kappa shape index (κ3) is 6.48. The van der Waals surface area contributed by atoms with Gasteiger partial charge >= 0.3 is 12.1 Å². The molecule has 0 unspecified atom stereocenters. The molecule has 1 aliphatic carbocycles. The van der Waals surface area contributed by atoms with Gasteiger partial charge in [-0.25, -0.2) is 4.79 Å². The van der Waals surface area contributed by atoms with Gasteiger partial charge in [-0.05, 0) is 103 Å². The minimum Gasteiger partial charge on any atom is -0.481 e. The van der Waals surface area contributed by atoms with Crippen molar-refractivity contribution in [3.05, 3.63) is 83.6 Å². The van der Waals surface area contributed by atoms with Gasteiger partial charge in [0.15, 0.2) is 0 Å². The van der Waals surface area contributed by atoms with Crippen molar-refractivity contribution in [3.63, 3.8) is 0 Å². The van der Waals surface area contributed by atoms with Gasteiger partial charge < -0.3 is 9.84 Å². The van der Waals surface area contributed by atoms with Gasteiger partial charge in [-0.1, -0.05) is 60.7 Å². The maximum atomic E-state index is 12.7. The number of rotatable bonds is 8. The Morgan fingerprint density at radius 2 is 1.74 bits per heavy atom. The first kappa shape index (κ1) is 26.9. The van der Waals surface area contributed by atoms with Crippen LogP contribution in [-0.2, 0) is 16.0 Å². The fourth-order valence-corrected chi connectivity index (χ4v) is 6.30. The highest BCUT2D eigenvalue weighted by Crippen LogP contribution is 2.37. The third-order valence-corrected chi connectivity index (χ3v) is 8.83. The van der Waals surface area contributed by atoms with Crippen LogP contribution in [0.5, 0.6) is 0 Å². The van der Waals surface area contributed by atoms with E-state index in [1.54, 1.807) is 0 Å². The Morgan fingerprint density at radius 1 is 1.03 bits per heavy atom. The van der Waals surface area contributed by atoms with E-state index in [2.05, 4.69) is 46.1 Å². The molecule has 5 rings (SSSR count). The lowest BCUT2D eigenvalue weighted by Gasteiger charge is -2.26. The number of hydrogen-bond acceptors (Lipinski definition) is 5. The molecule has 202 valence electrons. The second-order valence-corrected chi connectivity index (χ2v) is 11.3. The van der Waals surface area contributed by atoms with Gasteiger partial charge in [0, 0.05) is 0 Å². The SMILES string of the molecule is Cc1nsc(-c2ccc3cc(CCC4CCC(C(=O)O)CC4)ccc3c2)c1NC(=O)O[C@H](C)c1ccccc1. The Kier molecular flexibility index (Phi) is 8.27. The van der Waals surface area contributed by atoms with Crippen LogP contribution in [-0.4, -0.2) is 21.5 Å². The van der Waals surface area contributed by atoms with Crippen LogP contribution in [0.3, 0.4) is 0 Å². The Morgan fingerprint density at radius 3 is 2.49 bits per heavy atom. The van der Waals surface area contributed by atoms with E-state index in [1.807, 2.05) is 44.2 Å². The lowest BCUT2D eigenvalue weighted by Crippen LogP contribution is -2.21. The number of nitrogens with zero attached hydrogens (tertiary/aromatic N) is 1. The predicted molar refractivity (Wildman–Crippen MR) is 156 cm³/mol. The minimum absolute atomic E-state index is 0.155. The van der Waals surface area contributed by atoms with Gasteiger partial charge in [0.1, 0.15) is 6.10 Å². The molecule has 1 amide bonds. The van der Waals surface area contributed by atoms with Crippen molar-refractivity contribution >= 4 is 40.1 Å². The topological polar surface area (TPSA) is 88.5 Å². The average molecular weight is 543 g/mol. The number of aliphatic carboxylic acids is 1. The molecule has 1 aromatic heterocycles. The van der Waals surface area contributed by atoms with Crippen molar-refractivity contribution in [2.45, 2.75) is 58.5 Å². The number of fused-ring (bicyclic) bond motifs is 1. The summed E-state index contributed by atoms with van der Waals surface area (Å²) in [5.41, 5.74) is 4.68. The number of benzene rings is 3. The van der Waals surface area contributed by atoms with Crippen molar-refractivity contribution in [1.29, 1.82) is 0 Å². The summed E-state index contributed by atoms with van der Waals surface area (Å²) in [6.07, 6.45) is 4.87. The molecule has 3 aromatic carbocycles. The first-order valence-electron chi connectivity index (χ1n) is 13.6. The molecule has 1 saturated carbocycles. The van der Waals surface area contributed by atoms with Crippen LogP contribution in [0.15, 0.2) is 66.7 Å². The van der Waals surface area contributed by atoms with Gasteiger partial charge in [0.2, 0.25) is 0 Å². The lowest BCUT2D eigenvalue weighted by atomic mass is 9.79. The number of carboxylic acid groups (broad SMARTS) is 1. The minimum atomic E-state index is -0.642. The zero-order chi connectivity index (χ0) is 27.4. The van der Waals surface area contributed by atoms with E-state index < -0.39 is 12.1 Å². The molecule has 0 spiro atoms. The molecule has 1 atom stereocenters. The highest BCUT2D eigenvalue weighted by molar-refractivity contribution is 7.10. The normalized spacial score (nSPS) is 18.0. The van der Waals surface area contributed by atoms with Crippen LogP contribution in [0.25, 0.3) is 21.2 Å². The largest absolute Gasteiger partial charge is 0.481 e. The second-order valence-electron chi connectivity index (χ2n) is 10.5. The standard InChI is InChI=1S/C32H34N2O4S/c1-20-29(33-32(37)38-21(2)24-6-4-3-5-7-24)30(39-34-20)28-17-16-26-18-23(12-15-27(26)19-28)9-8-22-10-13-25(14-11-22)31(35)36/h3-7,12,15-19,21-22,25H,8-11,13-14H2,1-2H3,(H,33,37)(H,35,36)/t21-,22?,25?/m1/s1. The third-order valence-electron chi connectivity index (χ3n) is 7.85. The molecule has 0 aliphatic heterocycles. The van der Waals surface area contributed by atoms with E-state index in [0.717, 1.165) is 65.6 Å². The van der Waals surface area contributed by atoms with Crippen LogP contribution < -0.4 is 5.32 Å². The van der Waals surface area contributed by atoms with Crippen LogP contribution >= 0.6 is 11.5 Å². The first-order valence-corrected chi connectivity index (χ1v) is 14.4. The molecular formula is C32H34N2O4S. The summed E-state index contributed by atoms with van der Waals surface area (Å²) >= 11 is 1.37. The maximum absolute atomic E-state index is 12.7. The summed E-state index contributed by atoms with van der Waals surface area (Å²) in [5.74, 6) is -0.185. The molecular weight excluding hydrogens is 508 g/mol. The molecule has 1 fully saturated rings. The molecule has 7 heteroatoms. The summed E-state index contributed by atoms with van der Waals surface area (Å²) in [6.45, 7) is 3.74. The Labute approximate surface area is 233 Å². The number of ether oxygens (including phenoxy) is 1. The maximum Gasteiger partial charge on any atom is 0.412 e. The van der Waals surface area contributed by atoms with E-state index in [1.165, 1.54) is 22.5 Å². The summed E-state index contributed by atoms with van der Waals surface area (Å²) in [6, 6.07) is 22.6. The van der Waals surface area contributed by atoms with E-state index >= 15 is 0 Å². The van der Waals surface area contributed by atoms with Crippen LogP contribution in [0.2, 0.25) is 0 Å². The number of anilines is 1. The highest BCUT2D eigenvalue weighted by Gasteiger charge is 2.25. The quantitative estimate of drug-likeness (QED) is 0.233. The number of nitrogens with one attached hydrogen (secondary N) is 1. The van der Waals surface area contributed by atoms with Crippen molar-refractivity contribution in [2.24, 2.45) is 11.8 Å². The highest BCUT2D eigenvalue weighted by atomic mass is 32.1. The zero-order valence-corrected chi connectivity index (χ0v) is 23.2. The lowest BCUT2D eigenvalue weighted by molar-refractivity contribution is -0.143. The Bertz CT molecular complexity index is 1460. The van der Waals surface area contributed by atoms with Crippen molar-refractivity contribution in [1.82, 2.24) is 4.37 Å². The van der Waals surface area contributed by atoms with Gasteiger partial charge in [-0.3, -0.25) is 10.1 Å². The molecule has 39 heavy (non-hydrogen) atoms. The van der Waals surface area contributed by atoms with Crippen molar-refractivity contribution in [2.75, 3.05) is 5.32 Å². The summed E-state index contributed by atoms with van der Waals surface area (Å²) in [7, 11) is 0. The molecule has 4 aromatic rings. The summed E-state index contributed by atoms with van der Waals surface area (Å²) in [5, 5.41) is 14.5. The molecule has 2 N–H and O–H groups in total. The van der Waals surface area contributed by atoms with E-state index in [4.69, 9.17) is 4.74 Å². The number of carbonyl (C=O) groups excluding carboxylic acids is 1. The predicted octanol–water partition coefficient (Wildman–Crippen LogP) is 8.41. The van der Waals surface area contributed by atoms with E-state index in [0.29, 0.717) is 11.6 Å². The summed E-state index contributed by atoms with van der Waals surface area (Å²) < 4.78 is 10.1. The van der Waals surface area contributed by atoms with Gasteiger partial charge in [-0.15, -0.1) is 0 Å². The monoisotopic (exact) mass is 542 g/mol. The fourth-order valence-electron chi connectivity index (χ4n) is 5.46. The summed E-state index contributed by atoms with van der Waals surface area (Å²) in [4.78, 5) is 24.8. The molecule has 1 aliphatic rings. The van der Waals surface area contributed by atoms with Crippen LogP contribution in [0.1, 0.15) is 62.0 Å². The zero-order valence-electron chi connectivity index (χ0n) is 22.4. The molecule has 1 heterocycles. The molecule has 0 bridgehead atoms. The van der Waals surface area contributed by atoms with Crippen LogP contribution in [0.4, 0.5) is 10.5 Å². The molecule has 0 saturated heterocycles. The second kappa shape index (κ2) is 12.0. The van der Waals surface area contributed by atoms with E-state index in [9.17, 15) is 14.7 Å². The average Bonchev–Trinajstić information content (AvgIpc) is 3.31. The first-order chi connectivity index (χ1) is 18.9. The van der Waals surface area contributed by atoms with Crippen molar-refractivity contribution < 1.29 is 19.4 Å². The smallest absolute Gasteiger partial charge is 0.412 e. The Hall–Kier alpha value is -3.71. The number of aromatic nitrogens is 1. The van der Waals surface area contributed by atoms with Gasteiger partial charge in [0.25, 0.3) is 0 Å². The van der Waals surface area contributed by atoms with Gasteiger partial charge in [0.05, 0.1) is 22.2 Å². The number of carboxylic acids is 1. The fraction of sp³-hybridized carbons (Fsp3) is 0.344. The Balaban J connectivity index is 1.24. The number of carbonyl (C=O) groups is 2. The number of hydrogen-bond donors (Lipinski definition) is 2.